The van der Waals surface area contributed by atoms with Crippen molar-refractivity contribution in [3.8, 4) is 17.0 Å². The lowest BCUT2D eigenvalue weighted by Gasteiger charge is -2.56. The van der Waals surface area contributed by atoms with Crippen molar-refractivity contribution in [1.82, 2.24) is 24.5 Å². The van der Waals surface area contributed by atoms with Crippen molar-refractivity contribution in [3.63, 3.8) is 0 Å². The number of nitrogens with one attached hydrogen (secondary N) is 1. The van der Waals surface area contributed by atoms with Gasteiger partial charge in [0.05, 0.1) is 36.4 Å². The van der Waals surface area contributed by atoms with Gasteiger partial charge in [-0.1, -0.05) is 6.07 Å². The summed E-state index contributed by atoms with van der Waals surface area (Å²) in [5, 5.41) is 7.78. The summed E-state index contributed by atoms with van der Waals surface area (Å²) in [6.07, 6.45) is 8.78. The highest BCUT2D eigenvalue weighted by Gasteiger charge is 2.44. The van der Waals surface area contributed by atoms with Gasteiger partial charge in [-0.15, -0.1) is 0 Å². The zero-order chi connectivity index (χ0) is 23.9. The number of piperidine rings is 1. The first-order valence-electron chi connectivity index (χ1n) is 12.1. The number of pyridine rings is 3. The van der Waals surface area contributed by atoms with Gasteiger partial charge in [0, 0.05) is 67.8 Å². The van der Waals surface area contributed by atoms with Gasteiger partial charge in [-0.2, -0.15) is 5.10 Å². The van der Waals surface area contributed by atoms with E-state index in [1.165, 1.54) is 12.0 Å². The molecule has 7 rings (SSSR count). The number of nitrogens with two attached hydrogens (primary N) is 1. The second kappa shape index (κ2) is 8.74. The number of ether oxygens (including phenoxy) is 1. The van der Waals surface area contributed by atoms with E-state index in [1.807, 2.05) is 29.2 Å². The third-order valence-corrected chi connectivity index (χ3v) is 7.12. The molecule has 2 unspecified atom stereocenters. The van der Waals surface area contributed by atoms with E-state index < -0.39 is 0 Å². The van der Waals surface area contributed by atoms with Crippen molar-refractivity contribution < 1.29 is 4.74 Å². The number of rotatable bonds is 7. The lowest BCUT2D eigenvalue weighted by Crippen LogP contribution is -2.68. The molecule has 0 saturated carbocycles. The lowest BCUT2D eigenvalue weighted by atomic mass is 9.87. The molecule has 3 saturated heterocycles. The number of nitrogens with zero attached hydrogens (tertiary/aromatic N) is 6. The van der Waals surface area contributed by atoms with Gasteiger partial charge >= 0.3 is 0 Å². The molecule has 0 spiro atoms. The van der Waals surface area contributed by atoms with Crippen LogP contribution >= 0.6 is 0 Å². The van der Waals surface area contributed by atoms with Crippen LogP contribution in [0.4, 0.5) is 17.2 Å². The van der Waals surface area contributed by atoms with E-state index in [0.717, 1.165) is 54.3 Å². The molecule has 0 aliphatic carbocycles. The minimum atomic E-state index is 0.542. The fourth-order valence-electron chi connectivity index (χ4n) is 5.37. The fraction of sp³-hybridized carbons (Fsp3) is 0.346. The molecule has 2 atom stereocenters. The van der Waals surface area contributed by atoms with E-state index in [4.69, 9.17) is 15.5 Å². The Bertz CT molecular complexity index is 1320. The number of piperazine rings is 1. The average molecular weight is 471 g/mol. The van der Waals surface area contributed by atoms with E-state index in [9.17, 15) is 0 Å². The van der Waals surface area contributed by atoms with E-state index in [1.54, 1.807) is 13.3 Å². The summed E-state index contributed by atoms with van der Waals surface area (Å²) in [5.74, 6) is 1.68. The van der Waals surface area contributed by atoms with Gasteiger partial charge in [-0.05, 0) is 37.1 Å². The van der Waals surface area contributed by atoms with E-state index in [2.05, 4.69) is 56.4 Å². The van der Waals surface area contributed by atoms with Crippen LogP contribution < -0.4 is 20.7 Å². The molecule has 0 aromatic carbocycles. The summed E-state index contributed by atoms with van der Waals surface area (Å²) in [4.78, 5) is 14.2. The monoisotopic (exact) mass is 470 g/mol. The maximum atomic E-state index is 6.24. The molecule has 2 bridgehead atoms. The summed E-state index contributed by atoms with van der Waals surface area (Å²) in [6.45, 7) is 5.82. The van der Waals surface area contributed by atoms with Crippen LogP contribution in [-0.4, -0.2) is 63.3 Å². The second-order valence-corrected chi connectivity index (χ2v) is 9.30. The summed E-state index contributed by atoms with van der Waals surface area (Å²) in [5.41, 5.74) is 12.1. The smallest absolute Gasteiger partial charge is 0.212 e. The first kappa shape index (κ1) is 21.7. The predicted molar refractivity (Wildman–Crippen MR) is 138 cm³/mol. The van der Waals surface area contributed by atoms with Gasteiger partial charge in [0.15, 0.2) is 0 Å². The van der Waals surface area contributed by atoms with E-state index >= 15 is 0 Å². The van der Waals surface area contributed by atoms with Gasteiger partial charge < -0.3 is 20.7 Å². The van der Waals surface area contributed by atoms with Crippen LogP contribution in [0.5, 0.6) is 5.88 Å². The Morgan fingerprint density at radius 1 is 1.09 bits per heavy atom. The summed E-state index contributed by atoms with van der Waals surface area (Å²) in [6, 6.07) is 11.5. The molecule has 4 aromatic rings. The molecular formula is C26H30N8O. The van der Waals surface area contributed by atoms with Gasteiger partial charge in [0.2, 0.25) is 5.88 Å². The van der Waals surface area contributed by atoms with Crippen LogP contribution in [0, 0.1) is 0 Å². The highest BCUT2D eigenvalue weighted by Crippen LogP contribution is 2.36. The molecule has 7 heterocycles. The number of hydrogen-bond donors (Lipinski definition) is 2. The average Bonchev–Trinajstić information content (AvgIpc) is 3.28. The normalized spacial score (nSPS) is 19.5. The topological polar surface area (TPSA) is 96.8 Å². The lowest BCUT2D eigenvalue weighted by molar-refractivity contribution is -0.00876. The Morgan fingerprint density at radius 2 is 1.94 bits per heavy atom. The number of fused-ring (bicyclic) bond motifs is 3. The van der Waals surface area contributed by atoms with Crippen LogP contribution in [0.15, 0.2) is 55.1 Å². The summed E-state index contributed by atoms with van der Waals surface area (Å²) in [7, 11) is 1.64. The Morgan fingerprint density at radius 3 is 2.63 bits per heavy atom. The molecule has 3 N–H and O–H groups in total. The van der Waals surface area contributed by atoms with Crippen molar-refractivity contribution in [1.29, 1.82) is 0 Å². The molecule has 9 heteroatoms. The van der Waals surface area contributed by atoms with Crippen molar-refractivity contribution in [2.75, 3.05) is 42.7 Å². The number of anilines is 3. The third-order valence-electron chi connectivity index (χ3n) is 7.12. The molecule has 3 aliphatic heterocycles. The molecule has 3 fully saturated rings. The Hall–Kier alpha value is -3.85. The molecule has 9 nitrogen and oxygen atoms in total. The van der Waals surface area contributed by atoms with Crippen molar-refractivity contribution in [3.05, 3.63) is 60.7 Å². The van der Waals surface area contributed by atoms with Crippen molar-refractivity contribution >= 4 is 22.7 Å². The third kappa shape index (κ3) is 3.91. The minimum absolute atomic E-state index is 0.542. The van der Waals surface area contributed by atoms with Crippen LogP contribution in [0.3, 0.4) is 0 Å². The van der Waals surface area contributed by atoms with Crippen LogP contribution in [0.25, 0.3) is 16.6 Å². The molecule has 35 heavy (non-hydrogen) atoms. The van der Waals surface area contributed by atoms with E-state index in [0.29, 0.717) is 23.7 Å². The number of hydrogen-bond acceptors (Lipinski definition) is 8. The Labute approximate surface area is 204 Å². The maximum Gasteiger partial charge on any atom is 0.212 e. The van der Waals surface area contributed by atoms with Gasteiger partial charge in [-0.3, -0.25) is 4.90 Å². The second-order valence-electron chi connectivity index (χ2n) is 9.30. The highest BCUT2D eigenvalue weighted by atomic mass is 16.5. The number of aromatic nitrogens is 4. The first-order valence-corrected chi connectivity index (χ1v) is 12.1. The van der Waals surface area contributed by atoms with E-state index in [-0.39, 0.29) is 0 Å². The number of methoxy groups -OCH3 is 1. The molecule has 180 valence electrons. The van der Waals surface area contributed by atoms with Crippen molar-refractivity contribution in [2.24, 2.45) is 0 Å². The Balaban J connectivity index is 1.18. The summed E-state index contributed by atoms with van der Waals surface area (Å²) >= 11 is 0. The fourth-order valence-corrected chi connectivity index (χ4v) is 5.37. The van der Waals surface area contributed by atoms with Gasteiger partial charge in [0.1, 0.15) is 5.82 Å². The van der Waals surface area contributed by atoms with Gasteiger partial charge in [0.25, 0.3) is 0 Å². The molecular weight excluding hydrogens is 440 g/mol. The molecule has 3 aliphatic rings. The molecule has 0 amide bonds. The molecule has 4 aromatic heterocycles. The zero-order valence-electron chi connectivity index (χ0n) is 20.1. The number of nitrogen functional groups attached to an aromatic ring is 1. The van der Waals surface area contributed by atoms with Crippen LogP contribution in [0.2, 0.25) is 0 Å². The standard InChI is InChI=1S/C26H30N8O/c1-3-28-19-8-22(26-23(27)12-31-34(26)14-19)18-5-6-24(29-11-18)32-15-20-9-21(16-32)33(20)13-17-4-7-25(35-2)30-10-17/h4-8,10-12,14,20-21,28H,3,9,13,15-16,27H2,1-2H3. The van der Waals surface area contributed by atoms with Gasteiger partial charge in [-0.25, -0.2) is 14.5 Å². The zero-order valence-corrected chi connectivity index (χ0v) is 20.1. The minimum Gasteiger partial charge on any atom is -0.481 e. The highest BCUT2D eigenvalue weighted by molar-refractivity contribution is 5.90. The van der Waals surface area contributed by atoms with Crippen LogP contribution in [-0.2, 0) is 6.54 Å². The SMILES string of the molecule is CCNc1cc(-c2ccc(N3CC4CC(C3)N4Cc3ccc(OC)nc3)nc2)c2c(N)cnn2c1. The Kier molecular flexibility index (Phi) is 5.41. The molecule has 0 radical (unpaired) electrons. The predicted octanol–water partition coefficient (Wildman–Crippen LogP) is 3.28. The van der Waals surface area contributed by atoms with Crippen molar-refractivity contribution in [2.45, 2.75) is 32.0 Å². The quantitative estimate of drug-likeness (QED) is 0.425. The summed E-state index contributed by atoms with van der Waals surface area (Å²) < 4.78 is 7.01. The largest absolute Gasteiger partial charge is 0.481 e. The first-order chi connectivity index (χ1) is 17.1. The maximum absolute atomic E-state index is 6.24. The van der Waals surface area contributed by atoms with Crippen LogP contribution in [0.1, 0.15) is 18.9 Å².